The Balaban J connectivity index is 1.33. The number of fused-ring (bicyclic) bond motifs is 1. The van der Waals surface area contributed by atoms with E-state index >= 15 is 0 Å². The van der Waals surface area contributed by atoms with Crippen molar-refractivity contribution in [2.45, 2.75) is 25.4 Å². The maximum absolute atomic E-state index is 11.7. The Hall–Kier alpha value is -4.11. The minimum Gasteiger partial charge on any atom is -0.494 e. The molecule has 3 aromatic carbocycles. The molecule has 0 fully saturated rings. The summed E-state index contributed by atoms with van der Waals surface area (Å²) in [6, 6.07) is 20.1. The average molecular weight is 627 g/mol. The van der Waals surface area contributed by atoms with Crippen LogP contribution in [0.4, 0.5) is 0 Å². The number of carbonyl (C=O) groups excluding carboxylic acids is 1. The summed E-state index contributed by atoms with van der Waals surface area (Å²) >= 11 is 0. The number of carbonyl (C=O) groups is 2. The topological polar surface area (TPSA) is 156 Å². The van der Waals surface area contributed by atoms with Crippen molar-refractivity contribution in [2.75, 3.05) is 38.9 Å². The number of hydrogen-bond donors (Lipinski definition) is 2. The van der Waals surface area contributed by atoms with Crippen molar-refractivity contribution < 1.29 is 51.5 Å². The minimum atomic E-state index is -3.01. The molecule has 0 radical (unpaired) electrons. The summed E-state index contributed by atoms with van der Waals surface area (Å²) in [7, 11) is -2.41. The van der Waals surface area contributed by atoms with Crippen LogP contribution >= 0.6 is 0 Å². The van der Waals surface area contributed by atoms with Gasteiger partial charge in [0.1, 0.15) is 45.5 Å². The first kappa shape index (κ1) is 32.8. The van der Waals surface area contributed by atoms with Gasteiger partial charge >= 0.3 is 19.1 Å². The van der Waals surface area contributed by atoms with Crippen molar-refractivity contribution in [3.63, 3.8) is 0 Å². The molecule has 0 heterocycles. The lowest BCUT2D eigenvalue weighted by Crippen LogP contribution is -2.41. The van der Waals surface area contributed by atoms with Crippen molar-refractivity contribution in [3.05, 3.63) is 77.9 Å². The summed E-state index contributed by atoms with van der Waals surface area (Å²) in [4.78, 5) is 22.3. The van der Waals surface area contributed by atoms with E-state index in [0.29, 0.717) is 35.7 Å². The first-order chi connectivity index (χ1) is 21.1. The SMILES string of the molecule is CNOB(OCC(=O)OCC(=O)O)c1ccc(OC2CCc3c(Oc4ccc(OCCCS(C)(=O)=O)cc4)cccc32)cc1. The summed E-state index contributed by atoms with van der Waals surface area (Å²) in [6.45, 7) is -0.926. The molecule has 1 aliphatic carbocycles. The number of hydroxylamine groups is 1. The van der Waals surface area contributed by atoms with Gasteiger partial charge < -0.3 is 33.5 Å². The fourth-order valence-corrected chi connectivity index (χ4v) is 5.19. The van der Waals surface area contributed by atoms with Gasteiger partial charge in [-0.2, -0.15) is 0 Å². The van der Waals surface area contributed by atoms with E-state index in [9.17, 15) is 18.0 Å². The molecule has 2 N–H and O–H groups in total. The highest BCUT2D eigenvalue weighted by atomic mass is 32.2. The largest absolute Gasteiger partial charge is 0.511 e. The van der Waals surface area contributed by atoms with E-state index in [4.69, 9.17) is 28.7 Å². The van der Waals surface area contributed by atoms with Crippen LogP contribution in [0.2, 0.25) is 0 Å². The van der Waals surface area contributed by atoms with Gasteiger partial charge in [0.05, 0.1) is 12.4 Å². The molecule has 4 rings (SSSR count). The van der Waals surface area contributed by atoms with Crippen molar-refractivity contribution in [3.8, 4) is 23.0 Å². The number of esters is 1. The lowest BCUT2D eigenvalue weighted by atomic mass is 9.79. The quantitative estimate of drug-likeness (QED) is 0.0979. The van der Waals surface area contributed by atoms with Crippen LogP contribution in [0.25, 0.3) is 0 Å². The first-order valence-electron chi connectivity index (χ1n) is 13.9. The normalized spacial score (nSPS) is 14.0. The summed E-state index contributed by atoms with van der Waals surface area (Å²) < 4.78 is 56.0. The fourth-order valence-electron chi connectivity index (χ4n) is 4.54. The zero-order valence-corrected chi connectivity index (χ0v) is 25.2. The average Bonchev–Trinajstić information content (AvgIpc) is 3.40. The molecule has 1 atom stereocenters. The van der Waals surface area contributed by atoms with Gasteiger partial charge in [-0.25, -0.2) is 23.5 Å². The Kier molecular flexibility index (Phi) is 11.6. The van der Waals surface area contributed by atoms with Gasteiger partial charge in [0.25, 0.3) is 0 Å². The lowest BCUT2D eigenvalue weighted by molar-refractivity contribution is -0.156. The summed E-state index contributed by atoms with van der Waals surface area (Å²) in [5.41, 5.74) is 5.24. The number of aliphatic carboxylic acids is 1. The van der Waals surface area contributed by atoms with Crippen LogP contribution in [-0.2, 0) is 40.0 Å². The molecule has 12 nitrogen and oxygen atoms in total. The molecule has 234 valence electrons. The lowest BCUT2D eigenvalue weighted by Gasteiger charge is -2.17. The zero-order chi connectivity index (χ0) is 31.5. The van der Waals surface area contributed by atoms with Crippen LogP contribution < -0.4 is 25.2 Å². The maximum Gasteiger partial charge on any atom is 0.511 e. The second-order valence-corrected chi connectivity index (χ2v) is 12.2. The second kappa shape index (κ2) is 15.6. The van der Waals surface area contributed by atoms with Gasteiger partial charge in [-0.15, -0.1) is 0 Å². The van der Waals surface area contributed by atoms with E-state index in [1.54, 1.807) is 43.4 Å². The zero-order valence-electron chi connectivity index (χ0n) is 24.4. The third-order valence-electron chi connectivity index (χ3n) is 6.52. The molecule has 44 heavy (non-hydrogen) atoms. The van der Waals surface area contributed by atoms with E-state index in [1.165, 1.54) is 6.26 Å². The highest BCUT2D eigenvalue weighted by Gasteiger charge is 2.28. The highest BCUT2D eigenvalue weighted by Crippen LogP contribution is 2.41. The van der Waals surface area contributed by atoms with Gasteiger partial charge in [0.2, 0.25) is 0 Å². The molecular formula is C30H34BNO11S. The molecule has 0 amide bonds. The number of nitrogens with one attached hydrogen (secondary N) is 1. The predicted molar refractivity (Wildman–Crippen MR) is 161 cm³/mol. The maximum atomic E-state index is 11.7. The van der Waals surface area contributed by atoms with Crippen LogP contribution in [0.3, 0.4) is 0 Å². The molecule has 3 aromatic rings. The number of sulfone groups is 1. The number of ether oxygens (including phenoxy) is 4. The van der Waals surface area contributed by atoms with E-state index in [0.717, 1.165) is 29.7 Å². The molecule has 14 heteroatoms. The van der Waals surface area contributed by atoms with E-state index in [-0.39, 0.29) is 11.9 Å². The van der Waals surface area contributed by atoms with Gasteiger partial charge in [-0.1, -0.05) is 24.3 Å². The molecule has 1 unspecified atom stereocenters. The van der Waals surface area contributed by atoms with Crippen LogP contribution in [-0.4, -0.2) is 71.5 Å². The second-order valence-electron chi connectivity index (χ2n) is 9.96. The molecule has 0 aliphatic heterocycles. The van der Waals surface area contributed by atoms with Gasteiger partial charge in [0, 0.05) is 18.9 Å². The number of carboxylic acids is 1. The van der Waals surface area contributed by atoms with Crippen molar-refractivity contribution in [2.24, 2.45) is 0 Å². The Bertz CT molecular complexity index is 1510. The molecule has 0 saturated carbocycles. The Morgan fingerprint density at radius 3 is 2.36 bits per heavy atom. The van der Waals surface area contributed by atoms with Crippen molar-refractivity contribution in [1.29, 1.82) is 0 Å². The van der Waals surface area contributed by atoms with E-state index in [1.807, 2.05) is 30.3 Å². The van der Waals surface area contributed by atoms with E-state index < -0.39 is 42.1 Å². The molecule has 0 spiro atoms. The number of benzene rings is 3. The number of hydrogen-bond acceptors (Lipinski definition) is 11. The van der Waals surface area contributed by atoms with Gasteiger partial charge in [-0.05, 0) is 72.8 Å². The molecule has 0 aromatic heterocycles. The summed E-state index contributed by atoms with van der Waals surface area (Å²) in [6.07, 6.45) is 3.01. The standard InChI is InChI=1S/C30H34BNO11S/c1-32-43-31(40-20-30(35)39-19-29(33)34)21-7-9-23(10-8-21)42-28-16-15-26-25(28)5-3-6-27(26)41-24-13-11-22(12-14-24)38-17-4-18-44(2,36)37/h3,5-14,28,32H,4,15-20H2,1-2H3,(H,33,34). The van der Waals surface area contributed by atoms with Crippen LogP contribution in [0, 0.1) is 0 Å². The summed E-state index contributed by atoms with van der Waals surface area (Å²) in [5.74, 6) is 0.665. The summed E-state index contributed by atoms with van der Waals surface area (Å²) in [5, 5.41) is 8.62. The molecule has 0 saturated heterocycles. The van der Waals surface area contributed by atoms with Crippen LogP contribution in [0.1, 0.15) is 30.1 Å². The van der Waals surface area contributed by atoms with Crippen molar-refractivity contribution in [1.82, 2.24) is 5.48 Å². The Morgan fingerprint density at radius 1 is 0.977 bits per heavy atom. The van der Waals surface area contributed by atoms with Gasteiger partial charge in [-0.3, -0.25) is 0 Å². The fraction of sp³-hybridized carbons (Fsp3) is 0.333. The predicted octanol–water partition coefficient (Wildman–Crippen LogP) is 2.85. The van der Waals surface area contributed by atoms with E-state index in [2.05, 4.69) is 10.2 Å². The third kappa shape index (κ3) is 9.98. The Morgan fingerprint density at radius 2 is 1.68 bits per heavy atom. The third-order valence-corrected chi connectivity index (χ3v) is 7.55. The smallest absolute Gasteiger partial charge is 0.494 e. The van der Waals surface area contributed by atoms with Gasteiger partial charge in [0.15, 0.2) is 6.61 Å². The number of rotatable bonds is 17. The monoisotopic (exact) mass is 627 g/mol. The van der Waals surface area contributed by atoms with Crippen LogP contribution in [0.5, 0.6) is 23.0 Å². The first-order valence-corrected chi connectivity index (χ1v) is 16.0. The molecule has 0 bridgehead atoms. The Labute approximate surface area is 256 Å². The van der Waals surface area contributed by atoms with Crippen molar-refractivity contribution >= 4 is 34.4 Å². The minimum absolute atomic E-state index is 0.0859. The molecule has 1 aliphatic rings. The number of carboxylic acid groups (broad SMARTS) is 1. The van der Waals surface area contributed by atoms with Crippen LogP contribution in [0.15, 0.2) is 66.7 Å². The highest BCUT2D eigenvalue weighted by molar-refractivity contribution is 7.90. The molecular weight excluding hydrogens is 593 g/mol.